The van der Waals surface area contributed by atoms with Crippen molar-refractivity contribution in [3.8, 4) is 0 Å². The summed E-state index contributed by atoms with van der Waals surface area (Å²) in [7, 11) is 1.74. The molecule has 0 radical (unpaired) electrons. The standard InChI is InChI=1S/C21H25N7O3S/c1-28-20(24-26-27-28)19(15-8-4-2-5-9-15)25-31-12-16-14-32-21(22-16)23-18(29)13-30-17-10-6-3-7-11-17/h2,4-5,8-9,14,17H,3,6-7,10-13H2,1H3,(H,22,23,29)/b25-19+. The molecule has 0 unspecified atom stereocenters. The van der Waals surface area contributed by atoms with Crippen LogP contribution < -0.4 is 5.32 Å². The summed E-state index contributed by atoms with van der Waals surface area (Å²) in [6.45, 7) is 0.194. The van der Waals surface area contributed by atoms with Crippen LogP contribution >= 0.6 is 11.3 Å². The summed E-state index contributed by atoms with van der Waals surface area (Å²) in [4.78, 5) is 22.1. The van der Waals surface area contributed by atoms with E-state index in [0.717, 1.165) is 18.4 Å². The van der Waals surface area contributed by atoms with Gasteiger partial charge in [-0.3, -0.25) is 10.1 Å². The Hall–Kier alpha value is -3.18. The number of nitrogens with one attached hydrogen (secondary N) is 1. The summed E-state index contributed by atoms with van der Waals surface area (Å²) in [6, 6.07) is 9.54. The number of nitrogens with zero attached hydrogens (tertiary/aromatic N) is 6. The highest BCUT2D eigenvalue weighted by Crippen LogP contribution is 2.21. The molecule has 0 bridgehead atoms. The van der Waals surface area contributed by atoms with Gasteiger partial charge >= 0.3 is 0 Å². The molecule has 1 aromatic carbocycles. The second-order valence-corrected chi connectivity index (χ2v) is 8.33. The number of amides is 1. The fourth-order valence-corrected chi connectivity index (χ4v) is 4.13. The summed E-state index contributed by atoms with van der Waals surface area (Å²) in [5.41, 5.74) is 2.00. The fraction of sp³-hybridized carbons (Fsp3) is 0.429. The number of tetrazole rings is 1. The van der Waals surface area contributed by atoms with Gasteiger partial charge in [0, 0.05) is 18.0 Å². The van der Waals surface area contributed by atoms with Crippen LogP contribution in [0.2, 0.25) is 0 Å². The quantitative estimate of drug-likeness (QED) is 0.389. The number of carbonyl (C=O) groups excluding carboxylic acids is 1. The molecule has 1 amide bonds. The topological polar surface area (TPSA) is 116 Å². The van der Waals surface area contributed by atoms with Gasteiger partial charge < -0.3 is 9.57 Å². The van der Waals surface area contributed by atoms with Crippen molar-refractivity contribution in [3.63, 3.8) is 0 Å². The molecule has 32 heavy (non-hydrogen) atoms. The van der Waals surface area contributed by atoms with Gasteiger partial charge in [-0.1, -0.05) is 54.8 Å². The smallest absolute Gasteiger partial charge is 0.252 e. The second-order valence-electron chi connectivity index (χ2n) is 7.47. The lowest BCUT2D eigenvalue weighted by molar-refractivity contribution is -0.123. The number of rotatable bonds is 9. The number of thiazole rings is 1. The average Bonchev–Trinajstić information content (AvgIpc) is 3.45. The number of hydrogen-bond donors (Lipinski definition) is 1. The third-order valence-electron chi connectivity index (χ3n) is 5.05. The summed E-state index contributed by atoms with van der Waals surface area (Å²) in [6.07, 6.45) is 5.84. The first kappa shape index (κ1) is 22.0. The SMILES string of the molecule is Cn1nnnc1/C(=N/OCc1csc(NC(=O)COC2CCCCC2)n1)c1ccccc1. The molecular weight excluding hydrogens is 430 g/mol. The number of oxime groups is 1. The van der Waals surface area contributed by atoms with Crippen molar-refractivity contribution in [3.05, 3.63) is 52.8 Å². The maximum atomic E-state index is 12.1. The first-order chi connectivity index (χ1) is 15.7. The van der Waals surface area contributed by atoms with Gasteiger partial charge in [0.1, 0.15) is 6.61 Å². The molecule has 1 aliphatic rings. The second kappa shape index (κ2) is 10.9. The Morgan fingerprint density at radius 1 is 1.25 bits per heavy atom. The molecule has 1 aliphatic carbocycles. The lowest BCUT2D eigenvalue weighted by Crippen LogP contribution is -2.24. The number of aryl methyl sites for hydroxylation is 1. The fourth-order valence-electron chi connectivity index (χ4n) is 3.42. The van der Waals surface area contributed by atoms with E-state index in [1.165, 1.54) is 35.3 Å². The summed E-state index contributed by atoms with van der Waals surface area (Å²) >= 11 is 1.33. The van der Waals surface area contributed by atoms with Crippen LogP contribution in [0.15, 0.2) is 40.9 Å². The van der Waals surface area contributed by atoms with Crippen LogP contribution in [0.3, 0.4) is 0 Å². The van der Waals surface area contributed by atoms with Gasteiger partial charge in [0.05, 0.1) is 11.8 Å². The van der Waals surface area contributed by atoms with Crippen molar-refractivity contribution in [1.29, 1.82) is 0 Å². The molecule has 4 rings (SSSR count). The Morgan fingerprint density at radius 2 is 2.06 bits per heavy atom. The minimum Gasteiger partial charge on any atom is -0.389 e. The minimum absolute atomic E-state index is 0.0482. The normalized spacial score (nSPS) is 15.0. The molecule has 0 aliphatic heterocycles. The Bertz CT molecular complexity index is 1040. The third-order valence-corrected chi connectivity index (χ3v) is 5.85. The highest BCUT2D eigenvalue weighted by molar-refractivity contribution is 7.13. The Morgan fingerprint density at radius 3 is 2.81 bits per heavy atom. The number of carbonyl (C=O) groups is 1. The third kappa shape index (κ3) is 5.95. The van der Waals surface area contributed by atoms with Crippen LogP contribution in [-0.2, 0) is 28.0 Å². The van der Waals surface area contributed by atoms with E-state index >= 15 is 0 Å². The van der Waals surface area contributed by atoms with E-state index in [1.807, 2.05) is 35.7 Å². The van der Waals surface area contributed by atoms with E-state index < -0.39 is 0 Å². The van der Waals surface area contributed by atoms with E-state index in [4.69, 9.17) is 9.57 Å². The maximum Gasteiger partial charge on any atom is 0.252 e. The van der Waals surface area contributed by atoms with E-state index in [-0.39, 0.29) is 25.2 Å². The lowest BCUT2D eigenvalue weighted by atomic mass is 9.98. The molecule has 10 nitrogen and oxygen atoms in total. The minimum atomic E-state index is -0.198. The van der Waals surface area contributed by atoms with Gasteiger partial charge in [0.2, 0.25) is 5.82 Å². The maximum absolute atomic E-state index is 12.1. The van der Waals surface area contributed by atoms with E-state index in [1.54, 1.807) is 7.05 Å². The Labute approximate surface area is 189 Å². The molecule has 1 N–H and O–H groups in total. The predicted molar refractivity (Wildman–Crippen MR) is 119 cm³/mol. The Kier molecular flexibility index (Phi) is 7.51. The molecule has 3 aromatic rings. The van der Waals surface area contributed by atoms with E-state index in [2.05, 4.69) is 31.0 Å². The highest BCUT2D eigenvalue weighted by atomic mass is 32.1. The van der Waals surface area contributed by atoms with Gasteiger partial charge in [-0.05, 0) is 23.3 Å². The number of aromatic nitrogens is 5. The average molecular weight is 456 g/mol. The highest BCUT2D eigenvalue weighted by Gasteiger charge is 2.17. The number of benzene rings is 1. The van der Waals surface area contributed by atoms with E-state index in [9.17, 15) is 4.79 Å². The zero-order valence-corrected chi connectivity index (χ0v) is 18.6. The summed E-state index contributed by atoms with van der Waals surface area (Å²) in [5, 5.41) is 20.9. The Balaban J connectivity index is 1.32. The van der Waals surface area contributed by atoms with Gasteiger partial charge in [-0.2, -0.15) is 0 Å². The van der Waals surface area contributed by atoms with Gasteiger partial charge in [0.25, 0.3) is 5.91 Å². The first-order valence-electron chi connectivity index (χ1n) is 10.5. The van der Waals surface area contributed by atoms with Crippen LogP contribution in [0, 0.1) is 0 Å². The molecule has 0 atom stereocenters. The molecule has 2 aromatic heterocycles. The van der Waals surface area contributed by atoms with Crippen LogP contribution in [0.25, 0.3) is 0 Å². The van der Waals surface area contributed by atoms with E-state index in [0.29, 0.717) is 22.4 Å². The first-order valence-corrected chi connectivity index (χ1v) is 11.4. The van der Waals surface area contributed by atoms with Gasteiger partial charge in [-0.15, -0.1) is 16.4 Å². The van der Waals surface area contributed by atoms with Crippen LogP contribution in [0.5, 0.6) is 0 Å². The van der Waals surface area contributed by atoms with Crippen molar-refractivity contribution in [2.75, 3.05) is 11.9 Å². The molecule has 0 saturated heterocycles. The molecule has 1 saturated carbocycles. The summed E-state index contributed by atoms with van der Waals surface area (Å²) < 4.78 is 7.24. The summed E-state index contributed by atoms with van der Waals surface area (Å²) in [5.74, 6) is 0.289. The molecule has 0 spiro atoms. The monoisotopic (exact) mass is 455 g/mol. The lowest BCUT2D eigenvalue weighted by Gasteiger charge is -2.21. The number of anilines is 1. The molecule has 168 valence electrons. The van der Waals surface area contributed by atoms with Crippen LogP contribution in [0.1, 0.15) is 49.2 Å². The van der Waals surface area contributed by atoms with Crippen LogP contribution in [0.4, 0.5) is 5.13 Å². The molecule has 11 heteroatoms. The molecule has 2 heterocycles. The van der Waals surface area contributed by atoms with Crippen molar-refractivity contribution in [2.45, 2.75) is 44.8 Å². The molecular formula is C21H25N7O3S. The van der Waals surface area contributed by atoms with Crippen molar-refractivity contribution < 1.29 is 14.4 Å². The zero-order valence-electron chi connectivity index (χ0n) is 17.8. The van der Waals surface area contributed by atoms with Gasteiger partial charge in [0.15, 0.2) is 17.5 Å². The number of hydrogen-bond acceptors (Lipinski definition) is 9. The predicted octanol–water partition coefficient (Wildman–Crippen LogP) is 2.92. The van der Waals surface area contributed by atoms with Crippen LogP contribution in [-0.4, -0.2) is 49.5 Å². The van der Waals surface area contributed by atoms with Gasteiger partial charge in [-0.25, -0.2) is 9.67 Å². The van der Waals surface area contributed by atoms with Crippen molar-refractivity contribution >= 4 is 28.1 Å². The zero-order chi connectivity index (χ0) is 22.2. The van der Waals surface area contributed by atoms with Crippen molar-refractivity contribution in [2.24, 2.45) is 12.2 Å². The van der Waals surface area contributed by atoms with Crippen molar-refractivity contribution in [1.82, 2.24) is 25.2 Å². The largest absolute Gasteiger partial charge is 0.389 e. The number of ether oxygens (including phenoxy) is 1. The molecule has 1 fully saturated rings.